The van der Waals surface area contributed by atoms with E-state index in [4.69, 9.17) is 22.1 Å². The Labute approximate surface area is 156 Å². The molecule has 0 saturated carbocycles. The van der Waals surface area contributed by atoms with Gasteiger partial charge in [-0.1, -0.05) is 29.8 Å². The van der Waals surface area contributed by atoms with Crippen LogP contribution in [0.3, 0.4) is 0 Å². The first-order chi connectivity index (χ1) is 11.2. The second-order valence-corrected chi connectivity index (χ2v) is 6.97. The average Bonchev–Trinajstić information content (AvgIpc) is 3.19. The molecular weight excluding hydrogens is 369 g/mol. The van der Waals surface area contributed by atoms with E-state index in [1.807, 2.05) is 24.3 Å². The molecule has 0 aliphatic carbocycles. The van der Waals surface area contributed by atoms with Crippen LogP contribution in [0.1, 0.15) is 23.3 Å². The molecule has 8 heteroatoms. The Bertz CT molecular complexity index is 695. The van der Waals surface area contributed by atoms with Gasteiger partial charge >= 0.3 is 0 Å². The number of hydrogen-bond donors (Lipinski definition) is 2. The number of nitrogens with one attached hydrogen (secondary N) is 1. The molecule has 0 bridgehead atoms. The molecule has 24 heavy (non-hydrogen) atoms. The summed E-state index contributed by atoms with van der Waals surface area (Å²) in [6.45, 7) is 0.447. The third kappa shape index (κ3) is 4.68. The lowest BCUT2D eigenvalue weighted by molar-refractivity contribution is -0.126. The van der Waals surface area contributed by atoms with Crippen LogP contribution in [0.5, 0.6) is 0 Å². The van der Waals surface area contributed by atoms with Gasteiger partial charge in [0.2, 0.25) is 0 Å². The summed E-state index contributed by atoms with van der Waals surface area (Å²) < 4.78 is 5.59. The number of nitrogens with zero attached hydrogens (tertiary/aromatic N) is 1. The van der Waals surface area contributed by atoms with Crippen molar-refractivity contribution in [2.75, 3.05) is 11.9 Å². The highest BCUT2D eigenvalue weighted by atomic mass is 35.5. The van der Waals surface area contributed by atoms with Gasteiger partial charge in [-0.15, -0.1) is 23.7 Å². The average molecular weight is 388 g/mol. The number of thiazole rings is 1. The molecule has 1 fully saturated rings. The summed E-state index contributed by atoms with van der Waals surface area (Å²) in [4.78, 5) is 17.5. The van der Waals surface area contributed by atoms with Gasteiger partial charge in [-0.25, -0.2) is 4.98 Å². The molecule has 0 unspecified atom stereocenters. The Kier molecular flexibility index (Phi) is 7.01. The fourth-order valence-electron chi connectivity index (χ4n) is 2.53. The summed E-state index contributed by atoms with van der Waals surface area (Å²) in [5.41, 5.74) is 6.60. The Morgan fingerprint density at radius 1 is 1.42 bits per heavy atom. The number of carbonyl (C=O) groups excluding carboxylic acids is 1. The first kappa shape index (κ1) is 19.1. The fourth-order valence-corrected chi connectivity index (χ4v) is 3.58. The van der Waals surface area contributed by atoms with Gasteiger partial charge in [-0.2, -0.15) is 0 Å². The zero-order valence-electron chi connectivity index (χ0n) is 12.9. The molecular formula is C16H19Cl2N3O2S. The Morgan fingerprint density at radius 2 is 2.21 bits per heavy atom. The van der Waals surface area contributed by atoms with Gasteiger partial charge in [0, 0.05) is 29.1 Å². The quantitative estimate of drug-likeness (QED) is 0.824. The SMILES string of the molecule is Cl.NC[C@H]1CC[C@@H](C(=O)Nc2ncc(Cc3ccccc3Cl)s2)O1. The molecule has 3 N–H and O–H groups in total. The van der Waals surface area contributed by atoms with Crippen LogP contribution in [0.15, 0.2) is 30.5 Å². The maximum absolute atomic E-state index is 12.2. The van der Waals surface area contributed by atoms with Crippen molar-refractivity contribution in [2.45, 2.75) is 31.5 Å². The van der Waals surface area contributed by atoms with Gasteiger partial charge in [0.15, 0.2) is 5.13 Å². The number of anilines is 1. The van der Waals surface area contributed by atoms with Crippen LogP contribution in [0, 0.1) is 0 Å². The lowest BCUT2D eigenvalue weighted by atomic mass is 10.1. The summed E-state index contributed by atoms with van der Waals surface area (Å²) in [6.07, 6.45) is 3.54. The van der Waals surface area contributed by atoms with E-state index in [0.717, 1.165) is 21.9 Å². The Hall–Kier alpha value is -1.18. The number of benzene rings is 1. The zero-order chi connectivity index (χ0) is 16.2. The molecule has 1 aromatic carbocycles. The van der Waals surface area contributed by atoms with Crippen molar-refractivity contribution < 1.29 is 9.53 Å². The van der Waals surface area contributed by atoms with Crippen LogP contribution >= 0.6 is 35.3 Å². The first-order valence-electron chi connectivity index (χ1n) is 7.50. The van der Waals surface area contributed by atoms with E-state index in [0.29, 0.717) is 24.5 Å². The number of aromatic nitrogens is 1. The lowest BCUT2D eigenvalue weighted by Crippen LogP contribution is -2.29. The number of nitrogens with two attached hydrogens (primary N) is 1. The first-order valence-corrected chi connectivity index (χ1v) is 8.69. The van der Waals surface area contributed by atoms with Crippen LogP contribution in [0.2, 0.25) is 5.02 Å². The number of carbonyl (C=O) groups is 1. The van der Waals surface area contributed by atoms with Gasteiger partial charge in [0.1, 0.15) is 6.10 Å². The van der Waals surface area contributed by atoms with Gasteiger partial charge in [0.05, 0.1) is 6.10 Å². The summed E-state index contributed by atoms with van der Waals surface area (Å²) in [6, 6.07) is 7.71. The molecule has 1 amide bonds. The predicted molar refractivity (Wildman–Crippen MR) is 99.2 cm³/mol. The molecule has 2 heterocycles. The normalized spacial score (nSPS) is 19.8. The van der Waals surface area contributed by atoms with Gasteiger partial charge < -0.3 is 10.5 Å². The van der Waals surface area contributed by atoms with Crippen molar-refractivity contribution >= 4 is 46.4 Å². The highest BCUT2D eigenvalue weighted by Gasteiger charge is 2.30. The van der Waals surface area contributed by atoms with E-state index in [1.54, 1.807) is 6.20 Å². The van der Waals surface area contributed by atoms with Crippen molar-refractivity contribution in [1.29, 1.82) is 0 Å². The summed E-state index contributed by atoms with van der Waals surface area (Å²) in [5.74, 6) is -0.153. The lowest BCUT2D eigenvalue weighted by Gasteiger charge is -2.11. The van der Waals surface area contributed by atoms with Crippen LogP contribution in [0.25, 0.3) is 0 Å². The molecule has 1 saturated heterocycles. The molecule has 5 nitrogen and oxygen atoms in total. The predicted octanol–water partition coefficient (Wildman–Crippen LogP) is 3.25. The second-order valence-electron chi connectivity index (χ2n) is 5.45. The van der Waals surface area contributed by atoms with E-state index in [9.17, 15) is 4.79 Å². The van der Waals surface area contributed by atoms with Crippen LogP contribution in [0.4, 0.5) is 5.13 Å². The van der Waals surface area contributed by atoms with E-state index < -0.39 is 6.10 Å². The van der Waals surface area contributed by atoms with E-state index in [2.05, 4.69) is 10.3 Å². The van der Waals surface area contributed by atoms with Gasteiger partial charge in [-0.3, -0.25) is 10.1 Å². The molecule has 2 atom stereocenters. The molecule has 1 aliphatic rings. The fraction of sp³-hybridized carbons (Fsp3) is 0.375. The van der Waals surface area contributed by atoms with E-state index in [-0.39, 0.29) is 24.4 Å². The number of halogens is 2. The third-order valence-corrected chi connectivity index (χ3v) is 5.05. The molecule has 1 aliphatic heterocycles. The molecule has 0 spiro atoms. The van der Waals surface area contributed by atoms with Gasteiger partial charge in [0.25, 0.3) is 5.91 Å². The molecule has 2 aromatic rings. The Morgan fingerprint density at radius 3 is 2.92 bits per heavy atom. The molecule has 130 valence electrons. The summed E-state index contributed by atoms with van der Waals surface area (Å²) in [7, 11) is 0. The minimum Gasteiger partial charge on any atom is -0.364 e. The second kappa shape index (κ2) is 8.78. The molecule has 1 aromatic heterocycles. The molecule has 3 rings (SSSR count). The summed E-state index contributed by atoms with van der Waals surface area (Å²) in [5, 5.41) is 4.13. The molecule has 0 radical (unpaired) electrons. The van der Waals surface area contributed by atoms with Crippen molar-refractivity contribution in [3.05, 3.63) is 45.9 Å². The largest absolute Gasteiger partial charge is 0.364 e. The van der Waals surface area contributed by atoms with E-state index in [1.165, 1.54) is 11.3 Å². The Balaban J connectivity index is 0.00000208. The van der Waals surface area contributed by atoms with Crippen LogP contribution < -0.4 is 11.1 Å². The highest BCUT2D eigenvalue weighted by Crippen LogP contribution is 2.26. The maximum Gasteiger partial charge on any atom is 0.255 e. The zero-order valence-corrected chi connectivity index (χ0v) is 15.3. The van der Waals surface area contributed by atoms with Crippen LogP contribution in [-0.2, 0) is 16.0 Å². The maximum atomic E-state index is 12.2. The number of amides is 1. The number of hydrogen-bond acceptors (Lipinski definition) is 5. The smallest absolute Gasteiger partial charge is 0.255 e. The van der Waals surface area contributed by atoms with Crippen molar-refractivity contribution in [1.82, 2.24) is 4.98 Å². The summed E-state index contributed by atoms with van der Waals surface area (Å²) >= 11 is 7.61. The van der Waals surface area contributed by atoms with Crippen molar-refractivity contribution in [3.8, 4) is 0 Å². The van der Waals surface area contributed by atoms with Crippen molar-refractivity contribution in [3.63, 3.8) is 0 Å². The topological polar surface area (TPSA) is 77.2 Å². The van der Waals surface area contributed by atoms with Crippen LogP contribution in [-0.4, -0.2) is 29.6 Å². The van der Waals surface area contributed by atoms with E-state index >= 15 is 0 Å². The van der Waals surface area contributed by atoms with Crippen molar-refractivity contribution in [2.24, 2.45) is 5.73 Å². The minimum atomic E-state index is -0.431. The van der Waals surface area contributed by atoms with Gasteiger partial charge in [-0.05, 0) is 24.5 Å². The highest BCUT2D eigenvalue weighted by molar-refractivity contribution is 7.15. The minimum absolute atomic E-state index is 0. The standard InChI is InChI=1S/C16H18ClN3O2S.ClH/c17-13-4-2-1-3-10(13)7-12-9-19-16(23-12)20-15(21)14-6-5-11(8-18)22-14;/h1-4,9,11,14H,5-8,18H2,(H,19,20,21);1H/t11-,14+;/m1./s1. The monoisotopic (exact) mass is 387 g/mol. The third-order valence-electron chi connectivity index (χ3n) is 3.77. The number of ether oxygens (including phenoxy) is 1. The number of rotatable bonds is 5.